The Balaban J connectivity index is 0. The summed E-state index contributed by atoms with van der Waals surface area (Å²) in [6.45, 7) is 0. The Bertz CT molecular complexity index is 6.85. The topological polar surface area (TPSA) is 0 Å². The van der Waals surface area contributed by atoms with Crippen LogP contribution in [-0.2, 0) is 0 Å². The van der Waals surface area contributed by atoms with Gasteiger partial charge in [0.1, 0.15) is 0 Å². The Morgan fingerprint density at radius 1 is 0.600 bits per heavy atom. The van der Waals surface area contributed by atoms with Crippen molar-refractivity contribution in [3.63, 3.8) is 0 Å². The quantitative estimate of drug-likeness (QED) is 0.500. The zero-order valence-electron chi connectivity index (χ0n) is 1.22. The molecule has 0 saturated carbocycles. The van der Waals surface area contributed by atoms with Crippen molar-refractivity contribution in [3.8, 4) is 0 Å². The molecule has 0 aromatic rings. The van der Waals surface area contributed by atoms with Crippen LogP contribution in [0.25, 0.3) is 0 Å². The van der Waals surface area contributed by atoms with Crippen molar-refractivity contribution in [2.75, 3.05) is 0 Å². The minimum absolute atomic E-state index is 0. The molecule has 5 heavy (non-hydrogen) atoms. The molecule has 0 amide bonds. The second-order valence-corrected chi connectivity index (χ2v) is 0. The molecule has 0 bridgehead atoms. The molecule has 0 spiro atoms. The van der Waals surface area contributed by atoms with Gasteiger partial charge in [-0.1, -0.05) is 7.43 Å². The normalized spacial score (nSPS) is 0. The Morgan fingerprint density at radius 3 is 0.600 bits per heavy atom. The van der Waals surface area contributed by atoms with Crippen molar-refractivity contribution < 1.29 is 0 Å². The van der Waals surface area contributed by atoms with E-state index in [0.717, 1.165) is 0 Å². The van der Waals surface area contributed by atoms with Gasteiger partial charge in [0, 0.05) is 0 Å². The first kappa shape index (κ1) is 94.1. The zero-order valence-corrected chi connectivity index (χ0v) is 3.67. The van der Waals surface area contributed by atoms with E-state index in [2.05, 4.69) is 0 Å². The van der Waals surface area contributed by atoms with E-state index in [9.17, 15) is 0 Å². The first-order valence-corrected chi connectivity index (χ1v) is 0. The molecule has 4 heteroatoms. The van der Waals surface area contributed by atoms with Crippen molar-refractivity contribution in [1.29, 1.82) is 0 Å². The van der Waals surface area contributed by atoms with Crippen LogP contribution in [0.5, 0.6) is 0 Å². The van der Waals surface area contributed by atoms with E-state index in [4.69, 9.17) is 0 Å². The van der Waals surface area contributed by atoms with Gasteiger partial charge in [0.25, 0.3) is 0 Å². The third-order valence-corrected chi connectivity index (χ3v) is 0. The maximum absolute atomic E-state index is 0. The summed E-state index contributed by atoms with van der Waals surface area (Å²) in [4.78, 5) is 0. The molecule has 0 rings (SSSR count). The van der Waals surface area contributed by atoms with Crippen molar-refractivity contribution >= 4 is 54.8 Å². The van der Waals surface area contributed by atoms with Crippen molar-refractivity contribution in [2.24, 2.45) is 0 Å². The zero-order chi connectivity index (χ0) is 0. The Labute approximate surface area is 62.3 Å². The number of hydrogen-bond acceptors (Lipinski definition) is 0. The van der Waals surface area contributed by atoms with Crippen molar-refractivity contribution in [3.05, 3.63) is 0 Å². The molecule has 0 radical (unpaired) electrons. The Hall–Kier alpha value is 1.41. The summed E-state index contributed by atoms with van der Waals surface area (Å²) in [5.41, 5.74) is 0. The molecular weight excluding hydrogens is 191 g/mol. The van der Waals surface area contributed by atoms with Gasteiger partial charge in [-0.2, -0.15) is 0 Å². The summed E-state index contributed by atoms with van der Waals surface area (Å²) in [7, 11) is 0. The molecule has 0 aliphatic rings. The van der Waals surface area contributed by atoms with Gasteiger partial charge in [-0.3, -0.25) is 0 Å². The van der Waals surface area contributed by atoms with Gasteiger partial charge < -0.3 is 0 Å². The predicted octanol–water partition coefficient (Wildman–Crippen LogP) is 0.450. The first-order valence-electron chi connectivity index (χ1n) is 0. The molecule has 0 nitrogen and oxygen atoms in total. The van der Waals surface area contributed by atoms with Gasteiger partial charge in [-0.25, -0.2) is 0 Å². The molecule has 0 heterocycles. The number of rotatable bonds is 0. The molecule has 0 unspecified atom stereocenters. The van der Waals surface area contributed by atoms with Gasteiger partial charge in [-0.05, 0) is 0 Å². The summed E-state index contributed by atoms with van der Waals surface area (Å²) in [5.74, 6) is 0. The fourth-order valence-corrected chi connectivity index (χ4v) is 0. The molecule has 0 aliphatic heterocycles. The van der Waals surface area contributed by atoms with E-state index < -0.39 is 0 Å². The summed E-state index contributed by atoms with van der Waals surface area (Å²) < 4.78 is 0. The van der Waals surface area contributed by atoms with E-state index in [1.54, 1.807) is 0 Å². The molecule has 40 valence electrons. The Morgan fingerprint density at radius 2 is 0.600 bits per heavy atom. The molecule has 0 aromatic carbocycles. The molecule has 0 N–H and O–H groups in total. The minimum atomic E-state index is 0. The second-order valence-electron chi connectivity index (χ2n) is 0. The van der Waals surface area contributed by atoms with Crippen LogP contribution in [0.1, 0.15) is 7.43 Å². The van der Waals surface area contributed by atoms with Crippen LogP contribution in [0, 0.1) is 0 Å². The second kappa shape index (κ2) is 52.8. The molecule has 0 saturated heterocycles. The monoisotopic (exact) mass is 202 g/mol. The van der Waals surface area contributed by atoms with Gasteiger partial charge in [0.05, 0.1) is 0 Å². The third-order valence-electron chi connectivity index (χ3n) is 0. The fourth-order valence-electron chi connectivity index (χ4n) is 0. The Kier molecular flexibility index (Phi) is 994. The molecular formula is CH11Cl3Ge. The van der Waals surface area contributed by atoms with Crippen LogP contribution >= 0.6 is 37.2 Å². The van der Waals surface area contributed by atoms with E-state index >= 15 is 0 Å². The van der Waals surface area contributed by atoms with E-state index in [1.165, 1.54) is 0 Å². The van der Waals surface area contributed by atoms with Crippen LogP contribution < -0.4 is 0 Å². The van der Waals surface area contributed by atoms with Crippen LogP contribution in [-0.4, -0.2) is 17.6 Å². The SMILES string of the molecule is C.Cl.Cl.Cl.[GeH4]. The van der Waals surface area contributed by atoms with Crippen molar-refractivity contribution in [1.82, 2.24) is 0 Å². The predicted molar refractivity (Wildman–Crippen MR) is 39.8 cm³/mol. The third kappa shape index (κ3) is 31.6. The van der Waals surface area contributed by atoms with Crippen molar-refractivity contribution in [2.45, 2.75) is 7.43 Å². The van der Waals surface area contributed by atoms with Gasteiger partial charge in [-0.15, -0.1) is 37.2 Å². The number of hydrogen-bond donors (Lipinski definition) is 0. The van der Waals surface area contributed by atoms with Gasteiger partial charge in [0.15, 0.2) is 0 Å². The average Bonchev–Trinajstić information content (AvgIpc) is 0. The van der Waals surface area contributed by atoms with E-state index in [1.807, 2.05) is 0 Å². The fraction of sp³-hybridized carbons (Fsp3) is 1.00. The molecule has 0 aromatic heterocycles. The molecule has 0 fully saturated rings. The van der Waals surface area contributed by atoms with Crippen LogP contribution in [0.15, 0.2) is 0 Å². The summed E-state index contributed by atoms with van der Waals surface area (Å²) in [5, 5.41) is 0. The number of halogens is 3. The van der Waals surface area contributed by atoms with E-state index in [0.29, 0.717) is 0 Å². The maximum atomic E-state index is 0. The van der Waals surface area contributed by atoms with Gasteiger partial charge in [0.2, 0.25) is 0 Å². The first-order chi connectivity index (χ1) is 0. The van der Waals surface area contributed by atoms with Crippen LogP contribution in [0.2, 0.25) is 0 Å². The standard InChI is InChI=1S/CH4.3ClH.GeH4/h1H4;3*1H;1H4. The van der Waals surface area contributed by atoms with E-state index in [-0.39, 0.29) is 62.2 Å². The van der Waals surface area contributed by atoms with Crippen LogP contribution in [0.4, 0.5) is 0 Å². The van der Waals surface area contributed by atoms with Gasteiger partial charge >= 0.3 is 17.6 Å². The summed E-state index contributed by atoms with van der Waals surface area (Å²) >= 11 is 0. The average molecular weight is 202 g/mol. The molecule has 0 atom stereocenters. The summed E-state index contributed by atoms with van der Waals surface area (Å²) in [6.07, 6.45) is 0. The molecule has 0 aliphatic carbocycles. The van der Waals surface area contributed by atoms with Crippen LogP contribution in [0.3, 0.4) is 0 Å². The summed E-state index contributed by atoms with van der Waals surface area (Å²) in [6, 6.07) is 0.